The molecule has 0 spiro atoms. The van der Waals surface area contributed by atoms with Crippen LogP contribution in [0.25, 0.3) is 0 Å². The van der Waals surface area contributed by atoms with Gasteiger partial charge in [-0.2, -0.15) is 5.10 Å². The van der Waals surface area contributed by atoms with Crippen LogP contribution in [-0.2, 0) is 0 Å². The highest BCUT2D eigenvalue weighted by molar-refractivity contribution is 5.89. The first-order chi connectivity index (χ1) is 8.74. The van der Waals surface area contributed by atoms with Gasteiger partial charge in [0, 0.05) is 5.71 Å². The van der Waals surface area contributed by atoms with Gasteiger partial charge in [-0.15, -0.1) is 0 Å². The fourth-order valence-corrected chi connectivity index (χ4v) is 2.66. The monoisotopic (exact) mass is 253 g/mol. The molecule has 3 N–H and O–H groups in total. The highest BCUT2D eigenvalue weighted by atomic mass is 16.2. The fraction of sp³-hybridized carbons (Fsp3) is 0.857. The zero-order valence-electron chi connectivity index (χ0n) is 11.6. The second kappa shape index (κ2) is 8.95. The molecule has 0 heterocycles. The maximum Gasteiger partial charge on any atom is 0.332 e. The minimum Gasteiger partial charge on any atom is -0.350 e. The maximum absolute atomic E-state index is 10.6. The van der Waals surface area contributed by atoms with Crippen LogP contribution in [0.1, 0.15) is 71.1 Å². The third-order valence-corrected chi connectivity index (χ3v) is 3.67. The number of primary amides is 1. The first-order valence-electron chi connectivity index (χ1n) is 7.36. The fourth-order valence-electron chi connectivity index (χ4n) is 2.66. The van der Waals surface area contributed by atoms with Crippen molar-refractivity contribution in [1.29, 1.82) is 0 Å². The Morgan fingerprint density at radius 1 is 1.33 bits per heavy atom. The minimum absolute atomic E-state index is 0.562. The van der Waals surface area contributed by atoms with E-state index in [1.54, 1.807) is 0 Å². The molecule has 18 heavy (non-hydrogen) atoms. The molecular weight excluding hydrogens is 226 g/mol. The van der Waals surface area contributed by atoms with Crippen molar-refractivity contribution >= 4 is 11.7 Å². The Morgan fingerprint density at radius 3 is 2.78 bits per heavy atom. The number of rotatable bonds is 8. The molecule has 1 aliphatic rings. The summed E-state index contributed by atoms with van der Waals surface area (Å²) in [7, 11) is 0. The van der Waals surface area contributed by atoms with Crippen molar-refractivity contribution in [2.75, 3.05) is 0 Å². The predicted molar refractivity (Wildman–Crippen MR) is 75.5 cm³/mol. The van der Waals surface area contributed by atoms with Gasteiger partial charge in [-0.3, -0.25) is 0 Å². The highest BCUT2D eigenvalue weighted by Gasteiger charge is 2.22. The number of carbonyl (C=O) groups is 1. The summed E-state index contributed by atoms with van der Waals surface area (Å²) in [6.45, 7) is 2.24. The molecule has 0 saturated heterocycles. The molecule has 2 amide bonds. The molecule has 0 radical (unpaired) electrons. The minimum atomic E-state index is -0.562. The Morgan fingerprint density at radius 2 is 2.06 bits per heavy atom. The van der Waals surface area contributed by atoms with Gasteiger partial charge in [-0.05, 0) is 31.6 Å². The van der Waals surface area contributed by atoms with E-state index in [9.17, 15) is 4.79 Å². The smallest absolute Gasteiger partial charge is 0.332 e. The van der Waals surface area contributed by atoms with Crippen LogP contribution in [0.4, 0.5) is 4.79 Å². The molecule has 0 aromatic carbocycles. The molecule has 1 rings (SSSR count). The average Bonchev–Trinajstić information content (AvgIpc) is 2.78. The summed E-state index contributed by atoms with van der Waals surface area (Å²) in [5, 5.41) is 4.12. The summed E-state index contributed by atoms with van der Waals surface area (Å²) in [6.07, 6.45) is 12.6. The van der Waals surface area contributed by atoms with Crippen LogP contribution < -0.4 is 11.2 Å². The number of hydrazone groups is 1. The molecular formula is C14H27N3O. The summed E-state index contributed by atoms with van der Waals surface area (Å²) in [5.41, 5.74) is 8.53. The van der Waals surface area contributed by atoms with E-state index >= 15 is 0 Å². The number of nitrogens with zero attached hydrogens (tertiary/aromatic N) is 1. The lowest BCUT2D eigenvalue weighted by Gasteiger charge is -2.10. The Hall–Kier alpha value is -1.06. The van der Waals surface area contributed by atoms with E-state index in [1.807, 2.05) is 0 Å². The molecule has 1 aliphatic carbocycles. The molecule has 1 saturated carbocycles. The van der Waals surface area contributed by atoms with E-state index in [0.717, 1.165) is 12.1 Å². The van der Waals surface area contributed by atoms with Gasteiger partial charge < -0.3 is 5.73 Å². The van der Waals surface area contributed by atoms with Crippen molar-refractivity contribution in [2.24, 2.45) is 16.8 Å². The standard InChI is InChI=1S/C14H27N3O/c1-2-3-4-5-6-7-9-12-10-8-11-13(12)16-17-14(15)18/h12H,2-11H2,1H3,(H3,15,17,18). The number of hydrogen-bond acceptors (Lipinski definition) is 2. The van der Waals surface area contributed by atoms with Crippen molar-refractivity contribution in [3.05, 3.63) is 0 Å². The summed E-state index contributed by atoms with van der Waals surface area (Å²) >= 11 is 0. The van der Waals surface area contributed by atoms with Crippen molar-refractivity contribution in [3.63, 3.8) is 0 Å². The Labute approximate surface area is 110 Å². The number of amides is 2. The number of nitrogens with two attached hydrogens (primary N) is 1. The number of nitrogens with one attached hydrogen (secondary N) is 1. The zero-order valence-corrected chi connectivity index (χ0v) is 11.6. The van der Waals surface area contributed by atoms with E-state index in [2.05, 4.69) is 17.5 Å². The van der Waals surface area contributed by atoms with Gasteiger partial charge in [-0.25, -0.2) is 10.2 Å². The Bertz CT molecular complexity index is 276. The average molecular weight is 253 g/mol. The normalized spacial score (nSPS) is 21.4. The molecule has 1 fully saturated rings. The zero-order chi connectivity index (χ0) is 13.2. The van der Waals surface area contributed by atoms with Gasteiger partial charge in [0.15, 0.2) is 0 Å². The van der Waals surface area contributed by atoms with Crippen LogP contribution in [0.5, 0.6) is 0 Å². The molecule has 4 nitrogen and oxygen atoms in total. The van der Waals surface area contributed by atoms with Gasteiger partial charge in [0.05, 0.1) is 0 Å². The van der Waals surface area contributed by atoms with Gasteiger partial charge in [-0.1, -0.05) is 45.4 Å². The van der Waals surface area contributed by atoms with Crippen LogP contribution >= 0.6 is 0 Å². The van der Waals surface area contributed by atoms with Crippen LogP contribution in [0.3, 0.4) is 0 Å². The van der Waals surface area contributed by atoms with E-state index in [1.165, 1.54) is 57.8 Å². The second-order valence-electron chi connectivity index (χ2n) is 5.22. The maximum atomic E-state index is 10.6. The lowest BCUT2D eigenvalue weighted by molar-refractivity contribution is 0.249. The van der Waals surface area contributed by atoms with E-state index in [4.69, 9.17) is 5.73 Å². The van der Waals surface area contributed by atoms with Crippen molar-refractivity contribution in [1.82, 2.24) is 5.43 Å². The highest BCUT2D eigenvalue weighted by Crippen LogP contribution is 2.27. The number of carbonyl (C=O) groups excluding carboxylic acids is 1. The molecule has 0 aliphatic heterocycles. The van der Waals surface area contributed by atoms with Gasteiger partial charge in [0.1, 0.15) is 0 Å². The van der Waals surface area contributed by atoms with Crippen LogP contribution in [-0.4, -0.2) is 11.7 Å². The van der Waals surface area contributed by atoms with Crippen molar-refractivity contribution < 1.29 is 4.79 Å². The lowest BCUT2D eigenvalue weighted by Crippen LogP contribution is -2.26. The summed E-state index contributed by atoms with van der Waals surface area (Å²) in [5.74, 6) is 0.572. The van der Waals surface area contributed by atoms with E-state index in [-0.39, 0.29) is 0 Å². The molecule has 1 atom stereocenters. The third kappa shape index (κ3) is 6.03. The molecule has 0 aromatic rings. The first-order valence-corrected chi connectivity index (χ1v) is 7.36. The summed E-state index contributed by atoms with van der Waals surface area (Å²) < 4.78 is 0. The molecule has 1 unspecified atom stereocenters. The van der Waals surface area contributed by atoms with Crippen LogP contribution in [0, 0.1) is 5.92 Å². The van der Waals surface area contributed by atoms with Crippen molar-refractivity contribution in [2.45, 2.75) is 71.1 Å². The van der Waals surface area contributed by atoms with Gasteiger partial charge >= 0.3 is 6.03 Å². The van der Waals surface area contributed by atoms with Crippen LogP contribution in [0.15, 0.2) is 5.10 Å². The van der Waals surface area contributed by atoms with Crippen molar-refractivity contribution in [3.8, 4) is 0 Å². The third-order valence-electron chi connectivity index (χ3n) is 3.67. The largest absolute Gasteiger partial charge is 0.350 e. The number of urea groups is 1. The SMILES string of the molecule is CCCCCCCCC1CCCC1=NNC(N)=O. The molecule has 104 valence electrons. The quantitative estimate of drug-likeness (QED) is 0.504. The topological polar surface area (TPSA) is 67.5 Å². The predicted octanol–water partition coefficient (Wildman–Crippen LogP) is 3.56. The summed E-state index contributed by atoms with van der Waals surface area (Å²) in [4.78, 5) is 10.6. The second-order valence-corrected chi connectivity index (χ2v) is 5.22. The Balaban J connectivity index is 2.16. The molecule has 0 bridgehead atoms. The van der Waals surface area contributed by atoms with Gasteiger partial charge in [0.25, 0.3) is 0 Å². The number of hydrogen-bond donors (Lipinski definition) is 2. The number of unbranched alkanes of at least 4 members (excludes halogenated alkanes) is 5. The van der Waals surface area contributed by atoms with E-state index < -0.39 is 6.03 Å². The van der Waals surface area contributed by atoms with Gasteiger partial charge in [0.2, 0.25) is 0 Å². The molecule has 0 aromatic heterocycles. The Kier molecular flexibility index (Phi) is 7.46. The first kappa shape index (κ1) is 15.0. The van der Waals surface area contributed by atoms with E-state index in [0.29, 0.717) is 5.92 Å². The van der Waals surface area contributed by atoms with Crippen LogP contribution in [0.2, 0.25) is 0 Å². The lowest BCUT2D eigenvalue weighted by atomic mass is 9.98. The summed E-state index contributed by atoms with van der Waals surface area (Å²) in [6, 6.07) is -0.562. The molecule has 4 heteroatoms.